The average Bonchev–Trinajstić information content (AvgIpc) is 3.65. The van der Waals surface area contributed by atoms with E-state index in [9.17, 15) is 8.76 Å². The molecule has 0 aliphatic carbocycles. The summed E-state index contributed by atoms with van der Waals surface area (Å²) in [5, 5.41) is 17.1. The number of benzene rings is 1. The Morgan fingerprint density at radius 2 is 1.45 bits per heavy atom. The summed E-state index contributed by atoms with van der Waals surface area (Å²) in [5.41, 5.74) is 14.4. The van der Waals surface area contributed by atoms with Crippen molar-refractivity contribution in [3.63, 3.8) is 0 Å². The number of nitrogens with two attached hydrogens (primary N) is 2. The van der Waals surface area contributed by atoms with E-state index in [1.807, 2.05) is 40.4 Å². The maximum Gasteiger partial charge on any atom is 0 e. The SMILES string of the molecule is NCCCCn1cc([CH-]N(CCc2ccc(NS(=O)[O-])cc2)Cc2cn(CCCCN)nn2)nn1.[C-]#[O+].[C-]#[O+].[C-]#[O+].[Re]. The van der Waals surface area contributed by atoms with Crippen molar-refractivity contribution in [2.24, 2.45) is 11.5 Å². The van der Waals surface area contributed by atoms with E-state index in [0.29, 0.717) is 31.9 Å². The molecule has 17 heteroatoms. The number of nitrogens with one attached hydrogen (secondary N) is 1. The topological polar surface area (TPSA) is 229 Å². The summed E-state index contributed by atoms with van der Waals surface area (Å²) in [4.78, 5) is 2.14. The number of hydrogen-bond acceptors (Lipinski definition) is 9. The van der Waals surface area contributed by atoms with E-state index < -0.39 is 11.3 Å². The van der Waals surface area contributed by atoms with E-state index in [1.165, 1.54) is 0 Å². The fourth-order valence-corrected chi connectivity index (χ4v) is 3.86. The van der Waals surface area contributed by atoms with Crippen molar-refractivity contribution in [3.8, 4) is 0 Å². The van der Waals surface area contributed by atoms with Gasteiger partial charge in [0.05, 0.1) is 5.69 Å². The van der Waals surface area contributed by atoms with Crippen LogP contribution in [-0.4, -0.2) is 63.3 Å². The van der Waals surface area contributed by atoms with Crippen molar-refractivity contribution < 1.29 is 43.1 Å². The van der Waals surface area contributed by atoms with Crippen molar-refractivity contribution >= 4 is 17.0 Å². The van der Waals surface area contributed by atoms with E-state index in [4.69, 9.17) is 25.4 Å². The maximum absolute atomic E-state index is 10.8. The van der Waals surface area contributed by atoms with Crippen molar-refractivity contribution in [2.45, 2.75) is 51.7 Å². The van der Waals surface area contributed by atoms with Gasteiger partial charge in [-0.1, -0.05) is 28.8 Å². The van der Waals surface area contributed by atoms with Crippen molar-refractivity contribution in [3.05, 3.63) is 80.1 Å². The van der Waals surface area contributed by atoms with E-state index in [0.717, 1.165) is 62.1 Å². The minimum atomic E-state index is -2.34. The molecule has 42 heavy (non-hydrogen) atoms. The number of hydrogen-bond donors (Lipinski definition) is 3. The van der Waals surface area contributed by atoms with Crippen LogP contribution in [0.25, 0.3) is 0 Å². The molecule has 2 aromatic heterocycles. The van der Waals surface area contributed by atoms with Crippen molar-refractivity contribution in [1.82, 2.24) is 34.9 Å². The standard InChI is InChI=1S/C22H35N10O2S.3CO.Re/c23-10-1-3-12-31-17-21(25-28-31)15-30(16-22-18-32(29-26-22)13-4-2-11-24)14-9-19-5-7-20(8-6-19)27-35(33)34;3*1-2;/h5-8,15,17-18,27H,1-4,9-14,16,23-24H2,(H,33,34);;;;/q-1;;;;/p-1. The van der Waals surface area contributed by atoms with Gasteiger partial charge in [-0.05, 0) is 75.1 Å². The first kappa shape index (κ1) is 41.2. The second kappa shape index (κ2) is 26.9. The molecule has 229 valence electrons. The molecular weight excluding hydrogens is 739 g/mol. The van der Waals surface area contributed by atoms with Crippen LogP contribution in [0.15, 0.2) is 36.7 Å². The van der Waals surface area contributed by atoms with Crippen LogP contribution in [0.1, 0.15) is 42.6 Å². The van der Waals surface area contributed by atoms with E-state index >= 15 is 0 Å². The number of anilines is 1. The predicted molar refractivity (Wildman–Crippen MR) is 145 cm³/mol. The van der Waals surface area contributed by atoms with Crippen LogP contribution in [0.3, 0.4) is 0 Å². The Bertz CT molecular complexity index is 1110. The summed E-state index contributed by atoms with van der Waals surface area (Å²) in [5.74, 6) is 0. The number of unbranched alkanes of at least 4 members (excludes halogenated alkanes) is 2. The Morgan fingerprint density at radius 3 is 2.00 bits per heavy atom. The average molecular weight is 773 g/mol. The molecule has 1 aromatic carbocycles. The molecule has 0 bridgehead atoms. The van der Waals surface area contributed by atoms with Gasteiger partial charge in [-0.15, -0.1) is 11.6 Å². The van der Waals surface area contributed by atoms with E-state index in [1.54, 1.807) is 12.1 Å². The number of nitrogens with zero attached hydrogens (tertiary/aromatic N) is 7. The Hall–Kier alpha value is -2.96. The minimum absolute atomic E-state index is 0. The summed E-state index contributed by atoms with van der Waals surface area (Å²) in [6.07, 6.45) is 8.47. The van der Waals surface area contributed by atoms with Gasteiger partial charge in [0.15, 0.2) is 0 Å². The molecule has 0 spiro atoms. The Morgan fingerprint density at radius 1 is 0.905 bits per heavy atom. The Kier molecular flexibility index (Phi) is 26.4. The molecule has 1 radical (unpaired) electrons. The Balaban J connectivity index is 0. The van der Waals surface area contributed by atoms with Gasteiger partial charge in [0.2, 0.25) is 0 Å². The van der Waals surface area contributed by atoms with Crippen LogP contribution in [0.5, 0.6) is 0 Å². The van der Waals surface area contributed by atoms with Crippen LogP contribution < -0.4 is 16.2 Å². The zero-order valence-electron chi connectivity index (χ0n) is 22.9. The molecule has 0 amide bonds. The second-order valence-electron chi connectivity index (χ2n) is 8.25. The van der Waals surface area contributed by atoms with Crippen LogP contribution >= 0.6 is 0 Å². The van der Waals surface area contributed by atoms with Gasteiger partial charge in [-0.3, -0.25) is 8.89 Å². The fraction of sp³-hybridized carbons (Fsp3) is 0.440. The number of aryl methyl sites for hydroxylation is 2. The summed E-state index contributed by atoms with van der Waals surface area (Å²) < 4.78 is 50.2. The van der Waals surface area contributed by atoms with Gasteiger partial charge >= 0.3 is 33.9 Å². The third kappa shape index (κ3) is 17.8. The largest absolute Gasteiger partial charge is 0 e. The molecule has 0 saturated carbocycles. The fourth-order valence-electron chi connectivity index (χ4n) is 3.53. The van der Waals surface area contributed by atoms with Gasteiger partial charge in [-0.25, -0.2) is 0 Å². The van der Waals surface area contributed by atoms with E-state index in [2.05, 4.69) is 50.2 Å². The Labute approximate surface area is 262 Å². The van der Waals surface area contributed by atoms with Gasteiger partial charge in [0.1, 0.15) is 0 Å². The summed E-state index contributed by atoms with van der Waals surface area (Å²) in [7, 11) is 0. The molecule has 15 nitrogen and oxygen atoms in total. The zero-order chi connectivity index (χ0) is 30.9. The molecule has 3 rings (SSSR count). The summed E-state index contributed by atoms with van der Waals surface area (Å²) >= 11 is -2.34. The summed E-state index contributed by atoms with van der Waals surface area (Å²) in [6.45, 7) is 19.7. The monoisotopic (exact) mass is 773 g/mol. The van der Waals surface area contributed by atoms with Gasteiger partial charge in [-0.2, -0.15) is 5.10 Å². The maximum atomic E-state index is 10.8. The molecule has 0 saturated heterocycles. The third-order valence-corrected chi connectivity index (χ3v) is 5.75. The summed E-state index contributed by atoms with van der Waals surface area (Å²) in [6, 6.07) is 7.32. The first-order valence-electron chi connectivity index (χ1n) is 12.4. The van der Waals surface area contributed by atoms with Crippen LogP contribution in [0.2, 0.25) is 0 Å². The molecule has 0 fully saturated rings. The quantitative estimate of drug-likeness (QED) is 0.0758. The smallest absolute Gasteiger partial charge is 0 e. The molecule has 1 atom stereocenters. The van der Waals surface area contributed by atoms with Gasteiger partial charge in [0.25, 0.3) is 0 Å². The first-order valence-corrected chi connectivity index (χ1v) is 13.5. The minimum Gasteiger partial charge on any atom is 0 e. The molecular formula is C25H34N10O5ReS-2. The zero-order valence-corrected chi connectivity index (χ0v) is 26.5. The van der Waals surface area contributed by atoms with E-state index in [-0.39, 0.29) is 20.4 Å². The second-order valence-corrected chi connectivity index (χ2v) is 8.93. The molecule has 3 aromatic rings. The number of rotatable bonds is 17. The third-order valence-electron chi connectivity index (χ3n) is 5.35. The van der Waals surface area contributed by atoms with Crippen molar-refractivity contribution in [1.29, 1.82) is 0 Å². The van der Waals surface area contributed by atoms with Gasteiger partial charge < -0.3 is 30.3 Å². The van der Waals surface area contributed by atoms with Crippen LogP contribution in [0, 0.1) is 26.5 Å². The van der Waals surface area contributed by atoms with Gasteiger partial charge in [0, 0.05) is 63.2 Å². The molecule has 0 aliphatic heterocycles. The molecule has 0 aliphatic rings. The number of aromatic nitrogens is 6. The normalized spacial score (nSPS) is 10.3. The van der Waals surface area contributed by atoms with Crippen LogP contribution in [0.4, 0.5) is 5.69 Å². The molecule has 2 heterocycles. The molecule has 1 unspecified atom stereocenters. The van der Waals surface area contributed by atoms with Crippen LogP contribution in [-0.2, 0) is 71.7 Å². The van der Waals surface area contributed by atoms with Crippen molar-refractivity contribution in [2.75, 3.05) is 24.4 Å². The predicted octanol–water partition coefficient (Wildman–Crippen LogP) is 0.693. The first-order chi connectivity index (χ1) is 20.1. The molecule has 5 N–H and O–H groups in total.